The fourth-order valence-corrected chi connectivity index (χ4v) is 5.75. The number of benzene rings is 1. The van der Waals surface area contributed by atoms with Gasteiger partial charge in [-0.15, -0.1) is 0 Å². The van der Waals surface area contributed by atoms with Gasteiger partial charge >= 0.3 is 11.9 Å². The van der Waals surface area contributed by atoms with E-state index < -0.39 is 47.0 Å². The fourth-order valence-electron chi connectivity index (χ4n) is 5.75. The van der Waals surface area contributed by atoms with Gasteiger partial charge in [0.2, 0.25) is 17.7 Å². The van der Waals surface area contributed by atoms with Crippen LogP contribution < -0.4 is 10.2 Å². The van der Waals surface area contributed by atoms with Crippen LogP contribution in [-0.4, -0.2) is 95.9 Å². The normalized spacial score (nSPS) is 18.8. The molecule has 1 aromatic carbocycles. The number of nitrogens with one attached hydrogen (secondary N) is 1. The smallest absolute Gasteiger partial charge is 0.325 e. The molecule has 0 bridgehead atoms. The Bertz CT molecular complexity index is 1080. The molecule has 220 valence electrons. The van der Waals surface area contributed by atoms with Crippen molar-refractivity contribution in [1.29, 1.82) is 0 Å². The number of fused-ring (bicyclic) bond motifs is 1. The van der Waals surface area contributed by atoms with Gasteiger partial charge in [-0.2, -0.15) is 0 Å². The largest absolute Gasteiger partial charge is 0.481 e. The summed E-state index contributed by atoms with van der Waals surface area (Å²) in [6.45, 7) is -1.05. The lowest BCUT2D eigenvalue weighted by Gasteiger charge is -2.33. The van der Waals surface area contributed by atoms with Crippen molar-refractivity contribution in [3.63, 3.8) is 0 Å². The van der Waals surface area contributed by atoms with Crippen molar-refractivity contribution >= 4 is 35.3 Å². The summed E-state index contributed by atoms with van der Waals surface area (Å²) in [6.07, 6.45) is 2.55. The topological polar surface area (TPSA) is 174 Å². The van der Waals surface area contributed by atoms with Crippen LogP contribution in [0.5, 0.6) is 0 Å². The Morgan fingerprint density at radius 2 is 1.77 bits per heavy atom. The van der Waals surface area contributed by atoms with Crippen molar-refractivity contribution in [2.75, 3.05) is 44.9 Å². The van der Waals surface area contributed by atoms with Crippen LogP contribution in [0.25, 0.3) is 0 Å². The fraction of sp³-hybridized carbons (Fsp3) is 0.607. The Hall–Kier alpha value is -3.51. The number of carboxylic acid groups (broad SMARTS) is 1. The van der Waals surface area contributed by atoms with E-state index in [0.717, 1.165) is 5.56 Å². The number of aliphatic carboxylic acids is 1. The second kappa shape index (κ2) is 14.2. The number of aryl methyl sites for hydroxylation is 1. The number of carbonyl (C=O) groups excluding carboxylic acids is 4. The van der Waals surface area contributed by atoms with E-state index in [4.69, 9.17) is 4.74 Å². The molecule has 1 saturated carbocycles. The quantitative estimate of drug-likeness (QED) is 0.250. The molecule has 1 fully saturated rings. The van der Waals surface area contributed by atoms with E-state index in [1.807, 2.05) is 12.1 Å². The SMILES string of the molecule is COC(=O)CN1C(=O)C(NC(=O)C2(CC(CC(=O)N(CCO)CCO)C(=O)O)CCCC2)CCc2ccccc21. The number of carboxylic acids is 1. The summed E-state index contributed by atoms with van der Waals surface area (Å²) in [4.78, 5) is 67.1. The van der Waals surface area contributed by atoms with Crippen LogP contribution in [0.4, 0.5) is 5.69 Å². The lowest BCUT2D eigenvalue weighted by molar-refractivity contribution is -0.149. The van der Waals surface area contributed by atoms with Gasteiger partial charge in [-0.1, -0.05) is 31.0 Å². The lowest BCUT2D eigenvalue weighted by atomic mass is 9.75. The zero-order valence-corrected chi connectivity index (χ0v) is 22.8. The third-order valence-electron chi connectivity index (χ3n) is 7.91. The molecule has 0 saturated heterocycles. The molecule has 0 radical (unpaired) electrons. The summed E-state index contributed by atoms with van der Waals surface area (Å²) in [5.41, 5.74) is 0.353. The molecule has 0 aromatic heterocycles. The average Bonchev–Trinajstić information content (AvgIpc) is 3.38. The van der Waals surface area contributed by atoms with E-state index in [1.54, 1.807) is 12.1 Å². The molecule has 2 aliphatic rings. The number of anilines is 1. The maximum atomic E-state index is 13.8. The number of amides is 3. The maximum absolute atomic E-state index is 13.8. The van der Waals surface area contributed by atoms with E-state index in [0.29, 0.717) is 44.2 Å². The van der Waals surface area contributed by atoms with Crippen LogP contribution in [0.15, 0.2) is 24.3 Å². The van der Waals surface area contributed by atoms with Crippen LogP contribution >= 0.6 is 0 Å². The molecule has 1 aliphatic heterocycles. The molecule has 2 atom stereocenters. The second-order valence-electron chi connectivity index (χ2n) is 10.5. The summed E-state index contributed by atoms with van der Waals surface area (Å²) in [6, 6.07) is 6.27. The molecular weight excluding hydrogens is 522 g/mol. The molecule has 1 aliphatic carbocycles. The lowest BCUT2D eigenvalue weighted by Crippen LogP contribution is -2.53. The molecule has 0 spiro atoms. The minimum Gasteiger partial charge on any atom is -0.481 e. The van der Waals surface area contributed by atoms with Gasteiger partial charge in [0.05, 0.1) is 31.7 Å². The van der Waals surface area contributed by atoms with Crippen molar-refractivity contribution < 1.29 is 44.0 Å². The third kappa shape index (κ3) is 7.36. The van der Waals surface area contributed by atoms with Gasteiger partial charge in [0.25, 0.3) is 0 Å². The van der Waals surface area contributed by atoms with E-state index in [-0.39, 0.29) is 45.7 Å². The van der Waals surface area contributed by atoms with E-state index in [9.17, 15) is 39.3 Å². The third-order valence-corrected chi connectivity index (χ3v) is 7.91. The second-order valence-corrected chi connectivity index (χ2v) is 10.5. The average molecular weight is 562 g/mol. The minimum atomic E-state index is -1.22. The van der Waals surface area contributed by atoms with Gasteiger partial charge in [0, 0.05) is 25.2 Å². The number of ether oxygens (including phenoxy) is 1. The van der Waals surface area contributed by atoms with Gasteiger partial charge in [-0.05, 0) is 43.7 Å². The van der Waals surface area contributed by atoms with E-state index in [1.165, 1.54) is 16.9 Å². The van der Waals surface area contributed by atoms with Crippen LogP contribution in [0, 0.1) is 11.3 Å². The molecule has 1 heterocycles. The molecular formula is C28H39N3O9. The molecule has 4 N–H and O–H groups in total. The van der Waals surface area contributed by atoms with E-state index >= 15 is 0 Å². The predicted octanol–water partition coefficient (Wildman–Crippen LogP) is 0.478. The van der Waals surface area contributed by atoms with Crippen LogP contribution in [0.2, 0.25) is 0 Å². The van der Waals surface area contributed by atoms with Crippen LogP contribution in [0.3, 0.4) is 0 Å². The number of methoxy groups -OCH3 is 1. The molecule has 3 amide bonds. The van der Waals surface area contributed by atoms with E-state index in [2.05, 4.69) is 5.32 Å². The Kier molecular flexibility index (Phi) is 11.0. The van der Waals surface area contributed by atoms with Gasteiger partial charge < -0.3 is 30.3 Å². The zero-order chi connectivity index (χ0) is 29.3. The first-order valence-electron chi connectivity index (χ1n) is 13.6. The van der Waals surface area contributed by atoms with Crippen molar-refractivity contribution in [2.24, 2.45) is 11.3 Å². The maximum Gasteiger partial charge on any atom is 0.325 e. The first-order chi connectivity index (χ1) is 19.2. The van der Waals surface area contributed by atoms with Crippen molar-refractivity contribution in [3.05, 3.63) is 29.8 Å². The van der Waals surface area contributed by atoms with Gasteiger partial charge in [-0.25, -0.2) is 0 Å². The molecule has 12 heteroatoms. The molecule has 3 rings (SSSR count). The van der Waals surface area contributed by atoms with Gasteiger partial charge in [-0.3, -0.25) is 28.9 Å². The molecule has 2 unspecified atom stereocenters. The van der Waals surface area contributed by atoms with Crippen molar-refractivity contribution in [2.45, 2.75) is 57.4 Å². The minimum absolute atomic E-state index is 0.0361. The van der Waals surface area contributed by atoms with Crippen molar-refractivity contribution in [3.8, 4) is 0 Å². The zero-order valence-electron chi connectivity index (χ0n) is 22.8. The predicted molar refractivity (Wildman–Crippen MR) is 143 cm³/mol. The number of nitrogens with zero attached hydrogens (tertiary/aromatic N) is 2. The number of aliphatic hydroxyl groups is 2. The Balaban J connectivity index is 1.80. The Labute approximate surface area is 233 Å². The summed E-state index contributed by atoms with van der Waals surface area (Å²) < 4.78 is 4.78. The van der Waals surface area contributed by atoms with Crippen LogP contribution in [-0.2, 0) is 35.1 Å². The number of carbonyl (C=O) groups is 5. The highest BCUT2D eigenvalue weighted by molar-refractivity contribution is 6.03. The molecule has 12 nitrogen and oxygen atoms in total. The summed E-state index contributed by atoms with van der Waals surface area (Å²) in [5, 5.41) is 31.3. The first-order valence-corrected chi connectivity index (χ1v) is 13.6. The number of hydrogen-bond acceptors (Lipinski definition) is 8. The highest BCUT2D eigenvalue weighted by atomic mass is 16.5. The standard InChI is InChI=1S/C28H39N3O9/c1-40-24(35)18-31-22-7-3-2-6-19(22)8-9-21(25(31)36)29-27(39)28(10-4-5-11-28)17-20(26(37)38)16-23(34)30(12-14-32)13-15-33/h2-3,6-7,20-21,32-33H,4-5,8-18H2,1H3,(H,29,39)(H,37,38). The number of rotatable bonds is 13. The molecule has 1 aromatic rings. The van der Waals surface area contributed by atoms with Gasteiger partial charge in [0.1, 0.15) is 12.6 Å². The number of aliphatic hydroxyl groups excluding tert-OH is 2. The summed E-state index contributed by atoms with van der Waals surface area (Å²) in [5.74, 6) is -4.40. The number of hydrogen-bond donors (Lipinski definition) is 4. The Morgan fingerprint density at radius 1 is 1.12 bits per heavy atom. The van der Waals surface area contributed by atoms with Crippen molar-refractivity contribution in [1.82, 2.24) is 10.2 Å². The number of esters is 1. The Morgan fingerprint density at radius 3 is 2.38 bits per heavy atom. The first kappa shape index (κ1) is 31.0. The van der Waals surface area contributed by atoms with Gasteiger partial charge in [0.15, 0.2) is 0 Å². The molecule has 40 heavy (non-hydrogen) atoms. The summed E-state index contributed by atoms with van der Waals surface area (Å²) in [7, 11) is 1.23. The number of para-hydroxylation sites is 1. The monoisotopic (exact) mass is 561 g/mol. The van der Waals surface area contributed by atoms with Crippen LogP contribution in [0.1, 0.15) is 50.5 Å². The summed E-state index contributed by atoms with van der Waals surface area (Å²) >= 11 is 0. The highest BCUT2D eigenvalue weighted by Crippen LogP contribution is 2.44. The highest BCUT2D eigenvalue weighted by Gasteiger charge is 2.46.